The first-order valence-corrected chi connectivity index (χ1v) is 10.2. The predicted octanol–water partition coefficient (Wildman–Crippen LogP) is 1.63. The molecule has 1 aliphatic rings. The lowest BCUT2D eigenvalue weighted by Crippen LogP contribution is -2.40. The fourth-order valence-electron chi connectivity index (χ4n) is 3.44. The summed E-state index contributed by atoms with van der Waals surface area (Å²) < 4.78 is 11.1. The largest absolute Gasteiger partial charge is 0.484 e. The van der Waals surface area contributed by atoms with E-state index in [-0.39, 0.29) is 30.9 Å². The van der Waals surface area contributed by atoms with Gasteiger partial charge >= 0.3 is 0 Å². The molecule has 0 bridgehead atoms. The van der Waals surface area contributed by atoms with Crippen LogP contribution in [0.25, 0.3) is 0 Å². The highest BCUT2D eigenvalue weighted by atomic mass is 16.5. The molecule has 2 aromatic rings. The van der Waals surface area contributed by atoms with Crippen molar-refractivity contribution in [3.63, 3.8) is 0 Å². The minimum absolute atomic E-state index is 0.0689. The summed E-state index contributed by atoms with van der Waals surface area (Å²) in [6, 6.07) is 15.2. The number of amides is 2. The number of carbonyl (C=O) groups is 2. The summed E-state index contributed by atoms with van der Waals surface area (Å²) in [5, 5.41) is 2.89. The molecule has 0 spiro atoms. The number of primary amides is 1. The van der Waals surface area contributed by atoms with Crippen LogP contribution in [0.2, 0.25) is 0 Å². The highest BCUT2D eigenvalue weighted by molar-refractivity contribution is 5.77. The van der Waals surface area contributed by atoms with Gasteiger partial charge in [-0.3, -0.25) is 14.5 Å². The fourth-order valence-corrected chi connectivity index (χ4v) is 3.44. The maximum Gasteiger partial charge on any atom is 0.258 e. The molecule has 1 saturated heterocycles. The highest BCUT2D eigenvalue weighted by Crippen LogP contribution is 2.13. The number of nitrogens with one attached hydrogen (secondary N) is 1. The van der Waals surface area contributed by atoms with Gasteiger partial charge in [-0.05, 0) is 35.7 Å². The second-order valence-electron chi connectivity index (χ2n) is 7.59. The van der Waals surface area contributed by atoms with E-state index in [2.05, 4.69) is 29.3 Å². The molecule has 0 radical (unpaired) electrons. The Kier molecular flexibility index (Phi) is 7.82. The molecule has 0 aliphatic carbocycles. The van der Waals surface area contributed by atoms with E-state index in [0.29, 0.717) is 12.3 Å². The van der Waals surface area contributed by atoms with Gasteiger partial charge < -0.3 is 20.5 Å². The van der Waals surface area contributed by atoms with E-state index in [1.165, 1.54) is 5.56 Å². The molecule has 3 rings (SSSR count). The smallest absolute Gasteiger partial charge is 0.258 e. The second kappa shape index (κ2) is 10.8. The van der Waals surface area contributed by atoms with Crippen LogP contribution in [0.3, 0.4) is 0 Å². The highest BCUT2D eigenvalue weighted by Gasteiger charge is 2.16. The van der Waals surface area contributed by atoms with E-state index in [4.69, 9.17) is 15.2 Å². The summed E-state index contributed by atoms with van der Waals surface area (Å²) in [6.07, 6.45) is 0.449. The average Bonchev–Trinajstić information content (AvgIpc) is 2.72. The van der Waals surface area contributed by atoms with E-state index in [9.17, 15) is 9.59 Å². The molecule has 30 heavy (non-hydrogen) atoms. The topological polar surface area (TPSA) is 93.9 Å². The van der Waals surface area contributed by atoms with Crippen molar-refractivity contribution in [2.24, 2.45) is 5.73 Å². The molecule has 1 atom stereocenters. The summed E-state index contributed by atoms with van der Waals surface area (Å²) in [5.74, 6) is -0.00431. The summed E-state index contributed by atoms with van der Waals surface area (Å²) in [4.78, 5) is 25.4. The summed E-state index contributed by atoms with van der Waals surface area (Å²) in [5.41, 5.74) is 8.26. The van der Waals surface area contributed by atoms with E-state index in [1.54, 1.807) is 24.3 Å². The Bertz CT molecular complexity index is 854. The number of carbonyl (C=O) groups excluding carboxylic acids is 2. The third kappa shape index (κ3) is 7.17. The lowest BCUT2D eigenvalue weighted by molar-refractivity contribution is -0.123. The van der Waals surface area contributed by atoms with Crippen LogP contribution in [-0.4, -0.2) is 49.1 Å². The Labute approximate surface area is 177 Å². The summed E-state index contributed by atoms with van der Waals surface area (Å²) in [7, 11) is 0. The van der Waals surface area contributed by atoms with E-state index < -0.39 is 0 Å². The van der Waals surface area contributed by atoms with Crippen molar-refractivity contribution in [3.05, 3.63) is 65.2 Å². The second-order valence-corrected chi connectivity index (χ2v) is 7.59. The molecule has 1 fully saturated rings. The lowest BCUT2D eigenvalue weighted by Gasteiger charge is -2.31. The molecule has 2 aromatic carbocycles. The van der Waals surface area contributed by atoms with Crippen LogP contribution >= 0.6 is 0 Å². The molecular formula is C23H29N3O4. The predicted molar refractivity (Wildman–Crippen MR) is 114 cm³/mol. The van der Waals surface area contributed by atoms with Crippen LogP contribution in [0.15, 0.2) is 48.5 Å². The van der Waals surface area contributed by atoms with Crippen LogP contribution in [0, 0.1) is 0 Å². The van der Waals surface area contributed by atoms with Crippen LogP contribution < -0.4 is 15.8 Å². The average molecular weight is 412 g/mol. The molecule has 7 heteroatoms. The van der Waals surface area contributed by atoms with Gasteiger partial charge in [-0.15, -0.1) is 0 Å². The van der Waals surface area contributed by atoms with Crippen LogP contribution in [-0.2, 0) is 33.8 Å². The van der Waals surface area contributed by atoms with Gasteiger partial charge in [0, 0.05) is 26.2 Å². The van der Waals surface area contributed by atoms with Crippen molar-refractivity contribution in [1.29, 1.82) is 0 Å². The minimum Gasteiger partial charge on any atom is -0.484 e. The van der Waals surface area contributed by atoms with Crippen LogP contribution in [0.1, 0.15) is 23.6 Å². The number of nitrogens with two attached hydrogens (primary N) is 1. The number of ether oxygens (including phenoxy) is 2. The van der Waals surface area contributed by atoms with Crippen molar-refractivity contribution in [3.8, 4) is 5.75 Å². The zero-order chi connectivity index (χ0) is 21.3. The normalized spacial score (nSPS) is 16.8. The molecular weight excluding hydrogens is 382 g/mol. The van der Waals surface area contributed by atoms with Gasteiger partial charge in [-0.1, -0.05) is 36.4 Å². The Balaban J connectivity index is 1.42. The molecule has 160 valence electrons. The Morgan fingerprint density at radius 1 is 1.17 bits per heavy atom. The zero-order valence-corrected chi connectivity index (χ0v) is 17.3. The van der Waals surface area contributed by atoms with Gasteiger partial charge in [0.05, 0.1) is 19.1 Å². The van der Waals surface area contributed by atoms with E-state index in [1.807, 2.05) is 12.1 Å². The molecule has 2 amide bonds. The lowest BCUT2D eigenvalue weighted by atomic mass is 10.1. The van der Waals surface area contributed by atoms with Crippen LogP contribution in [0.5, 0.6) is 5.75 Å². The molecule has 1 unspecified atom stereocenters. The van der Waals surface area contributed by atoms with Crippen molar-refractivity contribution in [1.82, 2.24) is 10.2 Å². The van der Waals surface area contributed by atoms with E-state index in [0.717, 1.165) is 37.4 Å². The first-order valence-electron chi connectivity index (χ1n) is 10.2. The third-order valence-corrected chi connectivity index (χ3v) is 4.88. The van der Waals surface area contributed by atoms with Gasteiger partial charge in [0.25, 0.3) is 5.91 Å². The van der Waals surface area contributed by atoms with Gasteiger partial charge in [0.15, 0.2) is 6.61 Å². The number of benzene rings is 2. The van der Waals surface area contributed by atoms with Crippen LogP contribution in [0.4, 0.5) is 0 Å². The van der Waals surface area contributed by atoms with Gasteiger partial charge in [-0.2, -0.15) is 0 Å². The maximum absolute atomic E-state index is 12.1. The molecule has 1 aliphatic heterocycles. The first-order chi connectivity index (χ1) is 14.5. The van der Waals surface area contributed by atoms with Crippen molar-refractivity contribution < 1.29 is 19.1 Å². The number of hydrogen-bond acceptors (Lipinski definition) is 5. The standard InChI is InChI=1S/C23H29N3O4/c1-17-14-26(9-10-29-17)15-20-4-2-3-19(11-20)13-25-23(28)16-30-21-7-5-18(6-8-21)12-22(24)27/h2-8,11,17H,9-10,12-16H2,1H3,(H2,24,27)(H,25,28). The van der Waals surface area contributed by atoms with Gasteiger partial charge in [-0.25, -0.2) is 0 Å². The molecule has 1 heterocycles. The van der Waals surface area contributed by atoms with Gasteiger partial charge in [0.2, 0.25) is 5.91 Å². The van der Waals surface area contributed by atoms with Crippen molar-refractivity contribution in [2.75, 3.05) is 26.3 Å². The number of hydrogen-bond donors (Lipinski definition) is 2. The number of rotatable bonds is 9. The Morgan fingerprint density at radius 2 is 1.93 bits per heavy atom. The SMILES string of the molecule is CC1CN(Cc2cccc(CNC(=O)COc3ccc(CC(N)=O)cc3)c2)CCO1. The molecule has 0 aromatic heterocycles. The van der Waals surface area contributed by atoms with Crippen molar-refractivity contribution >= 4 is 11.8 Å². The Morgan fingerprint density at radius 3 is 2.67 bits per heavy atom. The third-order valence-electron chi connectivity index (χ3n) is 4.88. The molecule has 3 N–H and O–H groups in total. The maximum atomic E-state index is 12.1. The summed E-state index contributed by atoms with van der Waals surface area (Å²) in [6.45, 7) is 5.99. The van der Waals surface area contributed by atoms with Crippen molar-refractivity contribution in [2.45, 2.75) is 32.5 Å². The first kappa shape index (κ1) is 21.8. The monoisotopic (exact) mass is 411 g/mol. The summed E-state index contributed by atoms with van der Waals surface area (Å²) >= 11 is 0. The Hall–Kier alpha value is -2.90. The zero-order valence-electron chi connectivity index (χ0n) is 17.3. The van der Waals surface area contributed by atoms with Gasteiger partial charge in [0.1, 0.15) is 5.75 Å². The fraction of sp³-hybridized carbons (Fsp3) is 0.391. The number of morpholine rings is 1. The van der Waals surface area contributed by atoms with E-state index >= 15 is 0 Å². The quantitative estimate of drug-likeness (QED) is 0.654. The number of nitrogens with zero attached hydrogens (tertiary/aromatic N) is 1. The molecule has 7 nitrogen and oxygen atoms in total. The molecule has 0 saturated carbocycles. The minimum atomic E-state index is -0.383.